The predicted octanol–water partition coefficient (Wildman–Crippen LogP) is 1.89. The van der Waals surface area contributed by atoms with Crippen molar-refractivity contribution in [1.29, 1.82) is 0 Å². The molecule has 110 valence electrons. The lowest BCUT2D eigenvalue weighted by Gasteiger charge is -2.20. The summed E-state index contributed by atoms with van der Waals surface area (Å²) in [5, 5.41) is 19.5. The smallest absolute Gasteiger partial charge is 0.317 e. The van der Waals surface area contributed by atoms with Crippen LogP contribution in [0.3, 0.4) is 0 Å². The van der Waals surface area contributed by atoms with E-state index in [-0.39, 0.29) is 12.2 Å². The Morgan fingerprint density at radius 3 is 2.75 bits per heavy atom. The van der Waals surface area contributed by atoms with Gasteiger partial charge in [0.2, 0.25) is 0 Å². The van der Waals surface area contributed by atoms with Crippen molar-refractivity contribution in [3.8, 4) is 0 Å². The maximum Gasteiger partial charge on any atom is 0.317 e. The summed E-state index contributed by atoms with van der Waals surface area (Å²) in [4.78, 5) is 22.7. The second-order valence-corrected chi connectivity index (χ2v) is 4.98. The summed E-state index contributed by atoms with van der Waals surface area (Å²) < 4.78 is 5.52. The van der Waals surface area contributed by atoms with E-state index in [4.69, 9.17) is 9.84 Å². The number of carbonyl (C=O) groups is 1. The topological polar surface area (TPSA) is 92.9 Å². The minimum Gasteiger partial charge on any atom is -0.480 e. The molecular weight excluding hydrogens is 332 g/mol. The van der Waals surface area contributed by atoms with E-state index < -0.39 is 10.9 Å². The Morgan fingerprint density at radius 2 is 2.25 bits per heavy atom. The van der Waals surface area contributed by atoms with E-state index in [0.29, 0.717) is 24.2 Å². The highest BCUT2D eigenvalue weighted by Gasteiger charge is 2.14. The number of nitrogens with zero attached hydrogens (tertiary/aromatic N) is 2. The number of benzene rings is 1. The number of carboxylic acids is 1. The first-order valence-electron chi connectivity index (χ1n) is 5.80. The van der Waals surface area contributed by atoms with Crippen LogP contribution in [0.1, 0.15) is 5.56 Å². The van der Waals surface area contributed by atoms with Gasteiger partial charge in [0.05, 0.1) is 18.1 Å². The zero-order chi connectivity index (χ0) is 15.1. The highest BCUT2D eigenvalue weighted by atomic mass is 79.9. The number of ether oxygens (including phenoxy) is 1. The normalized spacial score (nSPS) is 10.8. The zero-order valence-corrected chi connectivity index (χ0v) is 12.5. The van der Waals surface area contributed by atoms with Crippen molar-refractivity contribution in [1.82, 2.24) is 4.90 Å². The van der Waals surface area contributed by atoms with Gasteiger partial charge in [0.15, 0.2) is 0 Å². The zero-order valence-electron chi connectivity index (χ0n) is 10.9. The van der Waals surface area contributed by atoms with E-state index in [2.05, 4.69) is 15.9 Å². The molecule has 0 unspecified atom stereocenters. The van der Waals surface area contributed by atoms with Gasteiger partial charge in [0.25, 0.3) is 5.69 Å². The molecule has 20 heavy (non-hydrogen) atoms. The van der Waals surface area contributed by atoms with Gasteiger partial charge in [-0.1, -0.05) is 15.9 Å². The second kappa shape index (κ2) is 7.93. The number of carboxylic acid groups (broad SMARTS) is 1. The van der Waals surface area contributed by atoms with Gasteiger partial charge in [-0.3, -0.25) is 19.8 Å². The number of nitro groups is 1. The van der Waals surface area contributed by atoms with Gasteiger partial charge in [-0.05, 0) is 11.6 Å². The predicted molar refractivity (Wildman–Crippen MR) is 75.6 cm³/mol. The Morgan fingerprint density at radius 1 is 1.55 bits per heavy atom. The Hall–Kier alpha value is -1.51. The Labute approximate surface area is 124 Å². The van der Waals surface area contributed by atoms with Gasteiger partial charge < -0.3 is 9.84 Å². The Balaban J connectivity index is 2.81. The number of methoxy groups -OCH3 is 1. The first kappa shape index (κ1) is 16.5. The Bertz CT molecular complexity index is 495. The summed E-state index contributed by atoms with van der Waals surface area (Å²) in [5.41, 5.74) is 0.773. The van der Waals surface area contributed by atoms with Crippen LogP contribution in [0.2, 0.25) is 0 Å². The van der Waals surface area contributed by atoms with Crippen molar-refractivity contribution in [2.75, 3.05) is 26.8 Å². The molecule has 1 aromatic carbocycles. The minimum atomic E-state index is -0.931. The molecule has 0 bridgehead atoms. The summed E-state index contributed by atoms with van der Waals surface area (Å²) >= 11 is 3.27. The summed E-state index contributed by atoms with van der Waals surface area (Å²) in [6.07, 6.45) is 0. The second-order valence-electron chi connectivity index (χ2n) is 4.13. The highest BCUT2D eigenvalue weighted by Crippen LogP contribution is 2.24. The first-order chi connectivity index (χ1) is 9.43. The average molecular weight is 347 g/mol. The molecule has 0 aliphatic heterocycles. The lowest BCUT2D eigenvalue weighted by molar-refractivity contribution is -0.384. The van der Waals surface area contributed by atoms with Crippen molar-refractivity contribution in [3.05, 3.63) is 38.3 Å². The molecule has 1 aromatic rings. The average Bonchev–Trinajstić information content (AvgIpc) is 2.37. The van der Waals surface area contributed by atoms with Crippen molar-refractivity contribution >= 4 is 27.6 Å². The maximum atomic E-state index is 10.8. The molecule has 0 spiro atoms. The molecule has 0 aliphatic carbocycles. The van der Waals surface area contributed by atoms with Crippen molar-refractivity contribution in [2.45, 2.75) is 6.54 Å². The molecule has 0 aliphatic rings. The summed E-state index contributed by atoms with van der Waals surface area (Å²) in [6, 6.07) is 4.42. The number of hydrogen-bond donors (Lipinski definition) is 1. The minimum absolute atomic E-state index is 0.0118. The van der Waals surface area contributed by atoms with E-state index in [9.17, 15) is 14.9 Å². The van der Waals surface area contributed by atoms with E-state index in [1.807, 2.05) is 0 Å². The van der Waals surface area contributed by atoms with E-state index in [1.54, 1.807) is 18.1 Å². The fourth-order valence-electron chi connectivity index (χ4n) is 1.64. The van der Waals surface area contributed by atoms with Gasteiger partial charge in [0.1, 0.15) is 0 Å². The number of aliphatic carboxylic acids is 1. The largest absolute Gasteiger partial charge is 0.480 e. The van der Waals surface area contributed by atoms with E-state index in [0.717, 1.165) is 5.56 Å². The van der Waals surface area contributed by atoms with Gasteiger partial charge in [-0.25, -0.2) is 0 Å². The summed E-state index contributed by atoms with van der Waals surface area (Å²) in [6.45, 7) is 1.13. The monoisotopic (exact) mass is 346 g/mol. The van der Waals surface area contributed by atoms with Crippen LogP contribution in [0.25, 0.3) is 0 Å². The molecule has 0 fully saturated rings. The van der Waals surface area contributed by atoms with Gasteiger partial charge in [-0.15, -0.1) is 0 Å². The fourth-order valence-corrected chi connectivity index (χ4v) is 2.14. The molecular formula is C12H15BrN2O5. The third-order valence-electron chi connectivity index (χ3n) is 2.61. The molecule has 8 heteroatoms. The maximum absolute atomic E-state index is 10.8. The summed E-state index contributed by atoms with van der Waals surface area (Å²) in [7, 11) is 1.54. The summed E-state index contributed by atoms with van der Waals surface area (Å²) in [5.74, 6) is -0.931. The third kappa shape index (κ3) is 5.24. The molecule has 0 saturated carbocycles. The molecule has 0 amide bonds. The van der Waals surface area contributed by atoms with Crippen LogP contribution in [0, 0.1) is 10.1 Å². The number of halogens is 1. The molecule has 0 saturated heterocycles. The molecule has 7 nitrogen and oxygen atoms in total. The van der Waals surface area contributed by atoms with Gasteiger partial charge in [-0.2, -0.15) is 0 Å². The highest BCUT2D eigenvalue weighted by molar-refractivity contribution is 9.10. The number of nitro benzene ring substituents is 1. The van der Waals surface area contributed by atoms with Gasteiger partial charge >= 0.3 is 5.97 Å². The van der Waals surface area contributed by atoms with Crippen LogP contribution in [-0.4, -0.2) is 47.7 Å². The number of hydrogen-bond acceptors (Lipinski definition) is 5. The molecule has 1 N–H and O–H groups in total. The standard InChI is InChI=1S/C12H15BrN2O5/c1-20-5-4-14(8-12(16)17)7-9-2-3-10(15(18)19)6-11(9)13/h2-3,6H,4-5,7-8H2,1H3,(H,16,17). The van der Waals surface area contributed by atoms with Gasteiger partial charge in [0, 0.05) is 36.8 Å². The SMILES string of the molecule is COCCN(CC(=O)O)Cc1ccc([N+](=O)[O-])cc1Br. The molecule has 0 radical (unpaired) electrons. The van der Waals surface area contributed by atoms with Crippen LogP contribution in [0.5, 0.6) is 0 Å². The van der Waals surface area contributed by atoms with Crippen LogP contribution in [0.15, 0.2) is 22.7 Å². The molecule has 0 atom stereocenters. The quantitative estimate of drug-likeness (QED) is 0.570. The van der Waals surface area contributed by atoms with Crippen molar-refractivity contribution < 1.29 is 19.6 Å². The van der Waals surface area contributed by atoms with Crippen LogP contribution < -0.4 is 0 Å². The van der Waals surface area contributed by atoms with E-state index >= 15 is 0 Å². The lowest BCUT2D eigenvalue weighted by Crippen LogP contribution is -2.32. The molecule has 0 aromatic heterocycles. The van der Waals surface area contributed by atoms with Crippen molar-refractivity contribution in [3.63, 3.8) is 0 Å². The number of rotatable bonds is 8. The molecule has 1 rings (SSSR count). The molecule has 0 heterocycles. The van der Waals surface area contributed by atoms with Crippen LogP contribution >= 0.6 is 15.9 Å². The van der Waals surface area contributed by atoms with E-state index in [1.165, 1.54) is 12.1 Å². The Kier molecular flexibility index (Phi) is 6.56. The fraction of sp³-hybridized carbons (Fsp3) is 0.417. The van der Waals surface area contributed by atoms with Crippen LogP contribution in [0.4, 0.5) is 5.69 Å². The number of non-ortho nitro benzene ring substituents is 1. The lowest BCUT2D eigenvalue weighted by atomic mass is 10.2. The van der Waals surface area contributed by atoms with Crippen molar-refractivity contribution in [2.24, 2.45) is 0 Å². The third-order valence-corrected chi connectivity index (χ3v) is 3.35. The first-order valence-corrected chi connectivity index (χ1v) is 6.59. The van der Waals surface area contributed by atoms with Crippen LogP contribution in [-0.2, 0) is 16.1 Å².